The van der Waals surface area contributed by atoms with Crippen LogP contribution in [0.4, 0.5) is 4.39 Å². The Kier molecular flexibility index (Phi) is 3.38. The van der Waals surface area contributed by atoms with Crippen LogP contribution in [-0.2, 0) is 15.9 Å². The maximum atomic E-state index is 13.3. The number of halogens is 1. The summed E-state index contributed by atoms with van der Waals surface area (Å²) < 4.78 is 34.4. The molecule has 1 fully saturated rings. The van der Waals surface area contributed by atoms with Crippen molar-refractivity contribution in [2.45, 2.75) is 30.7 Å². The van der Waals surface area contributed by atoms with Gasteiger partial charge in [0.25, 0.3) is 0 Å². The molecule has 0 radical (unpaired) electrons. The SMILES string of the molecule is NC(=O)C1CCCC(S(=O)[O-])C1F. The summed E-state index contributed by atoms with van der Waals surface area (Å²) in [5, 5.41) is -1.06. The predicted molar refractivity (Wildman–Crippen MR) is 44.1 cm³/mol. The zero-order valence-electron chi connectivity index (χ0n) is 6.94. The van der Waals surface area contributed by atoms with Gasteiger partial charge in [-0.3, -0.25) is 9.00 Å². The van der Waals surface area contributed by atoms with Crippen LogP contribution >= 0.6 is 0 Å². The number of hydrogen-bond donors (Lipinski definition) is 1. The van der Waals surface area contributed by atoms with Crippen LogP contribution in [0.2, 0.25) is 0 Å². The Morgan fingerprint density at radius 3 is 2.62 bits per heavy atom. The number of nitrogens with two attached hydrogens (primary N) is 1. The second-order valence-corrected chi connectivity index (χ2v) is 4.31. The normalized spacial score (nSPS) is 36.9. The molecule has 0 saturated heterocycles. The molecule has 1 aliphatic carbocycles. The molecule has 13 heavy (non-hydrogen) atoms. The molecule has 0 heterocycles. The fourth-order valence-electron chi connectivity index (χ4n) is 1.62. The summed E-state index contributed by atoms with van der Waals surface area (Å²) in [6, 6.07) is 0. The molecule has 1 aliphatic rings. The van der Waals surface area contributed by atoms with Crippen molar-refractivity contribution in [3.8, 4) is 0 Å². The standard InChI is InChI=1S/C7H12FNO3S/c8-6-4(7(9)10)2-1-3-5(6)13(11)12/h4-6H,1-3H2,(H2,9,10)(H,11,12)/p-1. The third-order valence-electron chi connectivity index (χ3n) is 2.36. The van der Waals surface area contributed by atoms with E-state index in [1.807, 2.05) is 0 Å². The minimum atomic E-state index is -2.45. The Hall–Kier alpha value is -0.490. The number of hydrogen-bond acceptors (Lipinski definition) is 3. The summed E-state index contributed by atoms with van der Waals surface area (Å²) in [5.41, 5.74) is 4.94. The highest BCUT2D eigenvalue weighted by molar-refractivity contribution is 7.79. The second kappa shape index (κ2) is 4.15. The van der Waals surface area contributed by atoms with Crippen LogP contribution in [0, 0.1) is 5.92 Å². The lowest BCUT2D eigenvalue weighted by molar-refractivity contribution is -0.124. The molecule has 0 aromatic rings. The molecule has 0 aromatic heterocycles. The first-order valence-electron chi connectivity index (χ1n) is 4.05. The third kappa shape index (κ3) is 2.25. The molecule has 0 spiro atoms. The Balaban J connectivity index is 2.71. The fourth-order valence-corrected chi connectivity index (χ4v) is 2.38. The van der Waals surface area contributed by atoms with Crippen LogP contribution in [0.3, 0.4) is 0 Å². The predicted octanol–water partition coefficient (Wildman–Crippen LogP) is -0.142. The van der Waals surface area contributed by atoms with Crippen molar-refractivity contribution in [2.75, 3.05) is 0 Å². The van der Waals surface area contributed by atoms with E-state index in [0.29, 0.717) is 12.8 Å². The average molecular weight is 208 g/mol. The van der Waals surface area contributed by atoms with Crippen LogP contribution < -0.4 is 5.73 Å². The lowest BCUT2D eigenvalue weighted by atomic mass is 9.87. The molecular weight excluding hydrogens is 197 g/mol. The van der Waals surface area contributed by atoms with Gasteiger partial charge in [-0.25, -0.2) is 4.39 Å². The van der Waals surface area contributed by atoms with E-state index in [1.165, 1.54) is 0 Å². The fraction of sp³-hybridized carbons (Fsp3) is 0.857. The lowest BCUT2D eigenvalue weighted by Gasteiger charge is -2.32. The van der Waals surface area contributed by atoms with E-state index >= 15 is 0 Å². The van der Waals surface area contributed by atoms with Gasteiger partial charge in [-0.2, -0.15) is 0 Å². The van der Waals surface area contributed by atoms with E-state index < -0.39 is 34.3 Å². The number of rotatable bonds is 2. The van der Waals surface area contributed by atoms with Crippen molar-refractivity contribution in [1.29, 1.82) is 0 Å². The number of amides is 1. The first kappa shape index (κ1) is 10.6. The Morgan fingerprint density at radius 2 is 2.15 bits per heavy atom. The van der Waals surface area contributed by atoms with E-state index in [0.717, 1.165) is 0 Å². The molecule has 4 atom stereocenters. The zero-order chi connectivity index (χ0) is 10.0. The van der Waals surface area contributed by atoms with E-state index in [-0.39, 0.29) is 6.42 Å². The van der Waals surface area contributed by atoms with Gasteiger partial charge in [0.2, 0.25) is 5.91 Å². The molecule has 2 N–H and O–H groups in total. The lowest BCUT2D eigenvalue weighted by Crippen LogP contribution is -2.43. The molecule has 1 rings (SSSR count). The minimum Gasteiger partial charge on any atom is -0.772 e. The number of carbonyl (C=O) groups excluding carboxylic acids is 1. The monoisotopic (exact) mass is 208 g/mol. The quantitative estimate of drug-likeness (QED) is 0.641. The van der Waals surface area contributed by atoms with Crippen molar-refractivity contribution >= 4 is 17.0 Å². The van der Waals surface area contributed by atoms with Gasteiger partial charge in [-0.1, -0.05) is 6.42 Å². The molecule has 0 bridgehead atoms. The Labute approximate surface area is 78.0 Å². The van der Waals surface area contributed by atoms with Crippen molar-refractivity contribution in [2.24, 2.45) is 11.7 Å². The average Bonchev–Trinajstić information content (AvgIpc) is 2.03. The van der Waals surface area contributed by atoms with Crippen LogP contribution in [0.15, 0.2) is 0 Å². The first-order valence-corrected chi connectivity index (χ1v) is 5.19. The van der Waals surface area contributed by atoms with Gasteiger partial charge in [0.1, 0.15) is 6.17 Å². The highest BCUT2D eigenvalue weighted by Gasteiger charge is 2.37. The van der Waals surface area contributed by atoms with Crippen LogP contribution in [0.1, 0.15) is 19.3 Å². The summed E-state index contributed by atoms with van der Waals surface area (Å²) >= 11 is -2.45. The van der Waals surface area contributed by atoms with Crippen molar-refractivity contribution in [3.05, 3.63) is 0 Å². The van der Waals surface area contributed by atoms with E-state index in [9.17, 15) is 17.9 Å². The molecule has 4 nitrogen and oxygen atoms in total. The van der Waals surface area contributed by atoms with Gasteiger partial charge in [-0.05, 0) is 23.9 Å². The molecule has 0 aromatic carbocycles. The van der Waals surface area contributed by atoms with Gasteiger partial charge in [0.05, 0.1) is 11.2 Å². The van der Waals surface area contributed by atoms with Crippen LogP contribution in [0.5, 0.6) is 0 Å². The molecule has 1 amide bonds. The third-order valence-corrected chi connectivity index (χ3v) is 3.35. The molecule has 76 valence electrons. The summed E-state index contributed by atoms with van der Waals surface area (Å²) in [6.07, 6.45) is -0.470. The summed E-state index contributed by atoms with van der Waals surface area (Å²) in [6.45, 7) is 0. The molecular formula is C7H11FNO3S-. The van der Waals surface area contributed by atoms with Gasteiger partial charge >= 0.3 is 0 Å². The van der Waals surface area contributed by atoms with Gasteiger partial charge in [0, 0.05) is 0 Å². The number of alkyl halides is 1. The van der Waals surface area contributed by atoms with Crippen LogP contribution in [0.25, 0.3) is 0 Å². The van der Waals surface area contributed by atoms with E-state index in [4.69, 9.17) is 5.73 Å². The van der Waals surface area contributed by atoms with E-state index in [1.54, 1.807) is 0 Å². The smallest absolute Gasteiger partial charge is 0.223 e. The van der Waals surface area contributed by atoms with Crippen molar-refractivity contribution in [1.82, 2.24) is 0 Å². The molecule has 0 aliphatic heterocycles. The largest absolute Gasteiger partial charge is 0.772 e. The molecule has 6 heteroatoms. The molecule has 4 unspecified atom stereocenters. The number of primary amides is 1. The van der Waals surface area contributed by atoms with Gasteiger partial charge in [0.15, 0.2) is 0 Å². The van der Waals surface area contributed by atoms with Crippen molar-refractivity contribution < 1.29 is 17.9 Å². The van der Waals surface area contributed by atoms with Crippen molar-refractivity contribution in [3.63, 3.8) is 0 Å². The topological polar surface area (TPSA) is 83.2 Å². The van der Waals surface area contributed by atoms with E-state index in [2.05, 4.69) is 0 Å². The van der Waals surface area contributed by atoms with Gasteiger partial charge < -0.3 is 10.3 Å². The maximum absolute atomic E-state index is 13.3. The molecule has 1 saturated carbocycles. The number of carbonyl (C=O) groups is 1. The Morgan fingerprint density at radius 1 is 1.54 bits per heavy atom. The highest BCUT2D eigenvalue weighted by atomic mass is 32.2. The maximum Gasteiger partial charge on any atom is 0.223 e. The summed E-state index contributed by atoms with van der Waals surface area (Å²) in [7, 11) is 0. The van der Waals surface area contributed by atoms with Gasteiger partial charge in [-0.15, -0.1) is 0 Å². The first-order chi connectivity index (χ1) is 6.04. The minimum absolute atomic E-state index is 0.279. The summed E-state index contributed by atoms with van der Waals surface area (Å²) in [5.74, 6) is -1.68. The second-order valence-electron chi connectivity index (χ2n) is 3.18. The Bertz CT molecular complexity index is 214. The van der Waals surface area contributed by atoms with Crippen LogP contribution in [-0.4, -0.2) is 26.1 Å². The summed E-state index contributed by atoms with van der Waals surface area (Å²) in [4.78, 5) is 10.7. The zero-order valence-corrected chi connectivity index (χ0v) is 7.76. The highest BCUT2D eigenvalue weighted by Crippen LogP contribution is 2.29.